The Kier molecular flexibility index (Phi) is 7.44. The maximum atomic E-state index is 13.1. The van der Waals surface area contributed by atoms with Crippen molar-refractivity contribution in [2.45, 2.75) is 13.8 Å². The fourth-order valence-corrected chi connectivity index (χ4v) is 2.51. The smallest absolute Gasteiger partial charge is 0.262 e. The van der Waals surface area contributed by atoms with Crippen molar-refractivity contribution in [3.8, 4) is 5.69 Å². The van der Waals surface area contributed by atoms with Gasteiger partial charge in [-0.25, -0.2) is 9.07 Å². The van der Waals surface area contributed by atoms with Gasteiger partial charge in [0.05, 0.1) is 18.0 Å². The van der Waals surface area contributed by atoms with Gasteiger partial charge in [-0.1, -0.05) is 0 Å². The molecule has 0 unspecified atom stereocenters. The Balaban J connectivity index is 1.99. The standard InChI is InChI=1S/C18H22FN5O2S/c1-12-16(8-9-17(25)21-22-18(27)20-10-11-26-3)13(2)24(23-12)15-6-4-14(19)5-7-15/h4-9H,10-11H2,1-3H3,(H,21,25)(H2,20,22,27)/b9-8+. The second-order valence-corrected chi connectivity index (χ2v) is 6.08. The molecular formula is C18H22FN5O2S. The zero-order valence-corrected chi connectivity index (χ0v) is 16.2. The van der Waals surface area contributed by atoms with Crippen molar-refractivity contribution in [2.75, 3.05) is 20.3 Å². The average molecular weight is 391 g/mol. The van der Waals surface area contributed by atoms with Crippen molar-refractivity contribution in [3.05, 3.63) is 53.1 Å². The number of carbonyl (C=O) groups is 1. The number of amides is 1. The number of benzene rings is 1. The van der Waals surface area contributed by atoms with Crippen LogP contribution >= 0.6 is 12.2 Å². The third-order valence-electron chi connectivity index (χ3n) is 3.71. The van der Waals surface area contributed by atoms with Gasteiger partial charge in [0.1, 0.15) is 5.82 Å². The zero-order valence-electron chi connectivity index (χ0n) is 15.4. The van der Waals surface area contributed by atoms with Gasteiger partial charge in [-0.2, -0.15) is 5.10 Å². The van der Waals surface area contributed by atoms with Crippen LogP contribution in [0.15, 0.2) is 30.3 Å². The first-order valence-electron chi connectivity index (χ1n) is 8.25. The van der Waals surface area contributed by atoms with Crippen molar-refractivity contribution >= 4 is 29.3 Å². The van der Waals surface area contributed by atoms with E-state index in [9.17, 15) is 9.18 Å². The topological polar surface area (TPSA) is 80.2 Å². The maximum Gasteiger partial charge on any atom is 0.262 e. The SMILES string of the molecule is COCCNC(=S)NNC(=O)/C=C/c1c(C)nn(-c2ccc(F)cc2)c1C. The molecule has 1 aromatic carbocycles. The molecule has 0 saturated carbocycles. The number of aromatic nitrogens is 2. The van der Waals surface area contributed by atoms with Crippen molar-refractivity contribution in [1.29, 1.82) is 0 Å². The molecule has 0 saturated heterocycles. The van der Waals surface area contributed by atoms with Crippen LogP contribution in [0.5, 0.6) is 0 Å². The third-order valence-corrected chi connectivity index (χ3v) is 3.96. The summed E-state index contributed by atoms with van der Waals surface area (Å²) in [5, 5.41) is 7.63. The van der Waals surface area contributed by atoms with E-state index in [1.54, 1.807) is 30.0 Å². The van der Waals surface area contributed by atoms with Crippen molar-refractivity contribution in [2.24, 2.45) is 0 Å². The minimum atomic E-state index is -0.362. The van der Waals surface area contributed by atoms with Gasteiger partial charge in [-0.15, -0.1) is 0 Å². The first-order valence-corrected chi connectivity index (χ1v) is 8.66. The molecule has 1 heterocycles. The number of nitrogens with one attached hydrogen (secondary N) is 3. The Labute approximate surface area is 162 Å². The van der Waals surface area contributed by atoms with Crippen LogP contribution in [0.4, 0.5) is 4.39 Å². The van der Waals surface area contributed by atoms with Crippen molar-refractivity contribution < 1.29 is 13.9 Å². The Hall–Kier alpha value is -2.78. The molecule has 7 nitrogen and oxygen atoms in total. The Morgan fingerprint density at radius 1 is 1.30 bits per heavy atom. The molecule has 0 aliphatic rings. The first-order chi connectivity index (χ1) is 12.9. The van der Waals surface area contributed by atoms with Gasteiger partial charge in [-0.3, -0.25) is 15.6 Å². The molecule has 1 amide bonds. The molecule has 0 atom stereocenters. The van der Waals surface area contributed by atoms with Crippen LogP contribution in [-0.4, -0.2) is 41.1 Å². The number of aryl methyl sites for hydroxylation is 1. The number of thiocarbonyl (C=S) groups is 1. The van der Waals surface area contributed by atoms with Crippen LogP contribution in [-0.2, 0) is 9.53 Å². The molecule has 0 aliphatic heterocycles. The Morgan fingerprint density at radius 3 is 2.67 bits per heavy atom. The van der Waals surface area contributed by atoms with E-state index >= 15 is 0 Å². The molecule has 144 valence electrons. The molecule has 2 rings (SSSR count). The largest absolute Gasteiger partial charge is 0.383 e. The van der Waals surface area contributed by atoms with Crippen LogP contribution < -0.4 is 16.2 Å². The van der Waals surface area contributed by atoms with Crippen LogP contribution in [0, 0.1) is 19.7 Å². The second-order valence-electron chi connectivity index (χ2n) is 5.67. The number of hydrazine groups is 1. The van der Waals surface area contributed by atoms with Gasteiger partial charge in [0.25, 0.3) is 5.91 Å². The summed E-state index contributed by atoms with van der Waals surface area (Å²) in [5.74, 6) is -0.668. The minimum absolute atomic E-state index is 0.297. The molecule has 9 heteroatoms. The number of hydrogen-bond donors (Lipinski definition) is 3. The van der Waals surface area contributed by atoms with E-state index < -0.39 is 0 Å². The lowest BCUT2D eigenvalue weighted by molar-refractivity contribution is -0.116. The maximum absolute atomic E-state index is 13.1. The van der Waals surface area contributed by atoms with E-state index in [4.69, 9.17) is 17.0 Å². The lowest BCUT2D eigenvalue weighted by Gasteiger charge is -2.09. The highest BCUT2D eigenvalue weighted by atomic mass is 32.1. The summed E-state index contributed by atoms with van der Waals surface area (Å²) in [6.45, 7) is 4.77. The number of nitrogens with zero attached hydrogens (tertiary/aromatic N) is 2. The molecular weight excluding hydrogens is 369 g/mol. The highest BCUT2D eigenvalue weighted by Crippen LogP contribution is 2.19. The van der Waals surface area contributed by atoms with E-state index in [-0.39, 0.29) is 11.7 Å². The predicted octanol–water partition coefficient (Wildman–Crippen LogP) is 1.78. The Bertz CT molecular complexity index is 833. The fourth-order valence-electron chi connectivity index (χ4n) is 2.36. The van der Waals surface area contributed by atoms with Gasteiger partial charge < -0.3 is 10.1 Å². The van der Waals surface area contributed by atoms with Gasteiger partial charge in [0, 0.05) is 31.0 Å². The summed E-state index contributed by atoms with van der Waals surface area (Å²) in [4.78, 5) is 11.9. The van der Waals surface area contributed by atoms with E-state index in [0.29, 0.717) is 18.3 Å². The number of rotatable bonds is 6. The quantitative estimate of drug-likeness (QED) is 0.302. The molecule has 0 bridgehead atoms. The zero-order chi connectivity index (χ0) is 19.8. The van der Waals surface area contributed by atoms with Crippen LogP contribution in [0.3, 0.4) is 0 Å². The van der Waals surface area contributed by atoms with Crippen molar-refractivity contribution in [3.63, 3.8) is 0 Å². The number of hydrogen-bond acceptors (Lipinski definition) is 4. The number of carbonyl (C=O) groups excluding carboxylic acids is 1. The lowest BCUT2D eigenvalue weighted by atomic mass is 10.2. The van der Waals surface area contributed by atoms with Crippen LogP contribution in [0.2, 0.25) is 0 Å². The number of ether oxygens (including phenoxy) is 1. The Morgan fingerprint density at radius 2 is 2.00 bits per heavy atom. The van der Waals surface area contributed by atoms with Crippen molar-refractivity contribution in [1.82, 2.24) is 25.9 Å². The van der Waals surface area contributed by atoms with E-state index in [0.717, 1.165) is 22.6 Å². The molecule has 1 aromatic heterocycles. The lowest BCUT2D eigenvalue weighted by Crippen LogP contribution is -2.46. The summed E-state index contributed by atoms with van der Waals surface area (Å²) < 4.78 is 19.7. The summed E-state index contributed by atoms with van der Waals surface area (Å²) in [5.41, 5.74) is 8.23. The molecule has 27 heavy (non-hydrogen) atoms. The van der Waals surface area contributed by atoms with Gasteiger partial charge >= 0.3 is 0 Å². The molecule has 0 radical (unpaired) electrons. The molecule has 0 spiro atoms. The number of methoxy groups -OCH3 is 1. The highest BCUT2D eigenvalue weighted by molar-refractivity contribution is 7.80. The summed E-state index contributed by atoms with van der Waals surface area (Å²) in [6, 6.07) is 6.06. The normalized spacial score (nSPS) is 10.8. The third kappa shape index (κ3) is 5.87. The van der Waals surface area contributed by atoms with E-state index in [2.05, 4.69) is 21.3 Å². The summed E-state index contributed by atoms with van der Waals surface area (Å²) in [6.07, 6.45) is 3.06. The van der Waals surface area contributed by atoms with Gasteiger partial charge in [0.15, 0.2) is 5.11 Å². The van der Waals surface area contributed by atoms with Crippen LogP contribution in [0.25, 0.3) is 11.8 Å². The second kappa shape index (κ2) is 9.79. The summed E-state index contributed by atoms with van der Waals surface area (Å²) in [7, 11) is 1.59. The highest BCUT2D eigenvalue weighted by Gasteiger charge is 2.11. The monoisotopic (exact) mass is 391 g/mol. The average Bonchev–Trinajstić information content (AvgIpc) is 2.93. The molecule has 2 aromatic rings. The first kappa shape index (κ1) is 20.5. The molecule has 0 fully saturated rings. The molecule has 3 N–H and O–H groups in total. The van der Waals surface area contributed by atoms with E-state index in [1.807, 2.05) is 13.8 Å². The number of halogens is 1. The minimum Gasteiger partial charge on any atom is -0.383 e. The fraction of sp³-hybridized carbons (Fsp3) is 0.278. The van der Waals surface area contributed by atoms with Gasteiger partial charge in [-0.05, 0) is 56.4 Å². The molecule has 0 aliphatic carbocycles. The van der Waals surface area contributed by atoms with E-state index in [1.165, 1.54) is 18.2 Å². The van der Waals surface area contributed by atoms with Crippen LogP contribution in [0.1, 0.15) is 17.0 Å². The summed E-state index contributed by atoms with van der Waals surface area (Å²) >= 11 is 5.01. The van der Waals surface area contributed by atoms with Gasteiger partial charge in [0.2, 0.25) is 0 Å². The predicted molar refractivity (Wildman–Crippen MR) is 106 cm³/mol.